The molecule has 0 aromatic carbocycles. The van der Waals surface area contributed by atoms with Crippen LogP contribution in [-0.2, 0) is 6.18 Å². The van der Waals surface area contributed by atoms with Crippen molar-refractivity contribution in [2.75, 3.05) is 0 Å². The molecule has 0 aliphatic rings. The van der Waals surface area contributed by atoms with Crippen LogP contribution in [0.1, 0.15) is 5.82 Å². The number of nitrogens with zero attached hydrogens (tertiary/aromatic N) is 2. The van der Waals surface area contributed by atoms with E-state index in [-0.39, 0.29) is 11.2 Å². The molecule has 0 radical (unpaired) electrons. The Labute approximate surface area is 74.0 Å². The Morgan fingerprint density at radius 3 is 2.64 bits per heavy atom. The first-order valence-electron chi connectivity index (χ1n) is 3.49. The topological polar surface area (TPSA) is 74.4 Å². The minimum atomic E-state index is -4.61. The van der Waals surface area contributed by atoms with Crippen molar-refractivity contribution >= 4 is 11.2 Å². The zero-order valence-electron chi connectivity index (χ0n) is 6.51. The van der Waals surface area contributed by atoms with Gasteiger partial charge in [-0.3, -0.25) is 4.98 Å². The number of aromatic nitrogens is 4. The van der Waals surface area contributed by atoms with Crippen LogP contribution in [0.25, 0.3) is 11.2 Å². The number of nitrogens with one attached hydrogen (secondary N) is 2. The molecule has 0 saturated heterocycles. The second-order valence-corrected chi connectivity index (χ2v) is 2.53. The van der Waals surface area contributed by atoms with Crippen LogP contribution in [0.2, 0.25) is 0 Å². The number of imidazole rings is 1. The summed E-state index contributed by atoms with van der Waals surface area (Å²) in [5.74, 6) is -1.28. The number of hydrogen-bond acceptors (Lipinski definition) is 3. The Bertz CT molecular complexity index is 526. The van der Waals surface area contributed by atoms with Crippen LogP contribution in [0.15, 0.2) is 11.0 Å². The lowest BCUT2D eigenvalue weighted by Crippen LogP contribution is -2.10. The molecule has 2 aromatic rings. The van der Waals surface area contributed by atoms with Crippen molar-refractivity contribution in [3.63, 3.8) is 0 Å². The van der Waals surface area contributed by atoms with Gasteiger partial charge in [0.25, 0.3) is 0 Å². The molecule has 0 aliphatic carbocycles. The smallest absolute Gasteiger partial charge is 0.303 e. The van der Waals surface area contributed by atoms with Crippen molar-refractivity contribution in [1.82, 2.24) is 19.9 Å². The minimum Gasteiger partial charge on any atom is -0.303 e. The number of hydrogen-bond donors (Lipinski definition) is 2. The van der Waals surface area contributed by atoms with Crippen molar-refractivity contribution < 1.29 is 13.2 Å². The largest absolute Gasteiger partial charge is 0.451 e. The van der Waals surface area contributed by atoms with Gasteiger partial charge in [-0.25, -0.2) is 14.8 Å². The Kier molecular flexibility index (Phi) is 1.60. The minimum absolute atomic E-state index is 0.142. The Hall–Kier alpha value is -1.86. The summed E-state index contributed by atoms with van der Waals surface area (Å²) in [6.45, 7) is 0. The van der Waals surface area contributed by atoms with Crippen LogP contribution in [0.3, 0.4) is 0 Å². The number of fused-ring (bicyclic) bond motifs is 1. The van der Waals surface area contributed by atoms with Crippen molar-refractivity contribution in [2.45, 2.75) is 6.18 Å². The van der Waals surface area contributed by atoms with Crippen LogP contribution in [-0.4, -0.2) is 19.9 Å². The van der Waals surface area contributed by atoms with E-state index in [0.717, 1.165) is 6.20 Å². The predicted octanol–water partition coefficient (Wildman–Crippen LogP) is 0.665. The predicted molar refractivity (Wildman–Crippen MR) is 39.5 cm³/mol. The maximum Gasteiger partial charge on any atom is 0.451 e. The van der Waals surface area contributed by atoms with E-state index in [9.17, 15) is 18.0 Å². The fourth-order valence-electron chi connectivity index (χ4n) is 0.966. The lowest BCUT2D eigenvalue weighted by atomic mass is 10.5. The Morgan fingerprint density at radius 2 is 2.00 bits per heavy atom. The molecule has 14 heavy (non-hydrogen) atoms. The molecule has 8 heteroatoms. The molecule has 74 valence electrons. The quantitative estimate of drug-likeness (QED) is 0.662. The van der Waals surface area contributed by atoms with Gasteiger partial charge in [-0.15, -0.1) is 0 Å². The molecule has 0 bridgehead atoms. The van der Waals surface area contributed by atoms with Gasteiger partial charge in [0.05, 0.1) is 6.20 Å². The second-order valence-electron chi connectivity index (χ2n) is 2.53. The molecule has 0 aliphatic heterocycles. The van der Waals surface area contributed by atoms with Crippen molar-refractivity contribution in [3.05, 3.63) is 22.5 Å². The van der Waals surface area contributed by atoms with E-state index in [1.165, 1.54) is 0 Å². The van der Waals surface area contributed by atoms with Crippen molar-refractivity contribution in [3.8, 4) is 0 Å². The average molecular weight is 204 g/mol. The summed E-state index contributed by atoms with van der Waals surface area (Å²) in [7, 11) is 0. The van der Waals surface area contributed by atoms with Gasteiger partial charge in [-0.2, -0.15) is 13.2 Å². The summed E-state index contributed by atoms with van der Waals surface area (Å²) in [5.41, 5.74) is -0.631. The summed E-state index contributed by atoms with van der Waals surface area (Å²) in [6, 6.07) is 0. The standard InChI is InChI=1S/C6H3F3N4O/c7-6(8,9)4-10-1-2-3(12-4)13-5(14)11-2/h1H,(H2,10,11,12,13,14). The van der Waals surface area contributed by atoms with Gasteiger partial charge in [0.1, 0.15) is 5.52 Å². The number of H-pyrrole nitrogens is 2. The zero-order chi connectivity index (χ0) is 10.3. The molecule has 0 saturated carbocycles. The fourth-order valence-corrected chi connectivity index (χ4v) is 0.966. The van der Waals surface area contributed by atoms with Gasteiger partial charge in [0.15, 0.2) is 5.65 Å². The maximum absolute atomic E-state index is 12.1. The molecular formula is C6H3F3N4O. The average Bonchev–Trinajstić information content (AvgIpc) is 2.41. The number of alkyl halides is 3. The first kappa shape index (κ1) is 8.73. The maximum atomic E-state index is 12.1. The first-order chi connectivity index (χ1) is 6.47. The number of rotatable bonds is 0. The highest BCUT2D eigenvalue weighted by Crippen LogP contribution is 2.25. The highest BCUT2D eigenvalue weighted by atomic mass is 19.4. The highest BCUT2D eigenvalue weighted by molar-refractivity contribution is 5.68. The molecule has 0 amide bonds. The summed E-state index contributed by atoms with van der Waals surface area (Å²) in [4.78, 5) is 21.2. The van der Waals surface area contributed by atoms with Gasteiger partial charge < -0.3 is 4.98 Å². The molecule has 2 heterocycles. The third kappa shape index (κ3) is 1.34. The summed E-state index contributed by atoms with van der Waals surface area (Å²) < 4.78 is 36.3. The lowest BCUT2D eigenvalue weighted by molar-refractivity contribution is -0.144. The fraction of sp³-hybridized carbons (Fsp3) is 0.167. The van der Waals surface area contributed by atoms with E-state index >= 15 is 0 Å². The molecular weight excluding hydrogens is 201 g/mol. The molecule has 2 N–H and O–H groups in total. The third-order valence-corrected chi connectivity index (χ3v) is 1.52. The highest BCUT2D eigenvalue weighted by Gasteiger charge is 2.34. The Morgan fingerprint density at radius 1 is 1.29 bits per heavy atom. The Balaban J connectivity index is 2.67. The van der Waals surface area contributed by atoms with E-state index in [4.69, 9.17) is 0 Å². The van der Waals surface area contributed by atoms with Crippen LogP contribution in [0, 0.1) is 0 Å². The third-order valence-electron chi connectivity index (χ3n) is 1.52. The van der Waals surface area contributed by atoms with Crippen LogP contribution in [0.4, 0.5) is 13.2 Å². The van der Waals surface area contributed by atoms with E-state index in [1.54, 1.807) is 0 Å². The normalized spacial score (nSPS) is 12.2. The van der Waals surface area contributed by atoms with Gasteiger partial charge in [0, 0.05) is 0 Å². The van der Waals surface area contributed by atoms with Crippen LogP contribution < -0.4 is 5.69 Å². The summed E-state index contributed by atoms with van der Waals surface area (Å²) in [5, 5.41) is 0. The summed E-state index contributed by atoms with van der Waals surface area (Å²) in [6.07, 6.45) is -3.70. The van der Waals surface area contributed by atoms with Gasteiger partial charge in [0.2, 0.25) is 5.82 Å². The second kappa shape index (κ2) is 2.56. The lowest BCUT2D eigenvalue weighted by Gasteiger charge is -2.02. The SMILES string of the molecule is O=c1[nH]c2cnc(C(F)(F)F)nc2[nH]1. The first-order valence-corrected chi connectivity index (χ1v) is 3.49. The molecule has 0 spiro atoms. The van der Waals surface area contributed by atoms with Gasteiger partial charge in [-0.1, -0.05) is 0 Å². The number of aromatic amines is 2. The molecule has 5 nitrogen and oxygen atoms in total. The monoisotopic (exact) mass is 204 g/mol. The molecule has 2 rings (SSSR count). The van der Waals surface area contributed by atoms with E-state index in [1.807, 2.05) is 0 Å². The zero-order valence-corrected chi connectivity index (χ0v) is 6.51. The van der Waals surface area contributed by atoms with Crippen molar-refractivity contribution in [1.29, 1.82) is 0 Å². The summed E-state index contributed by atoms with van der Waals surface area (Å²) >= 11 is 0. The van der Waals surface area contributed by atoms with E-state index in [2.05, 4.69) is 19.9 Å². The number of halogens is 3. The van der Waals surface area contributed by atoms with E-state index < -0.39 is 17.7 Å². The molecule has 0 atom stereocenters. The molecule has 0 unspecified atom stereocenters. The van der Waals surface area contributed by atoms with Crippen LogP contribution >= 0.6 is 0 Å². The van der Waals surface area contributed by atoms with Crippen molar-refractivity contribution in [2.24, 2.45) is 0 Å². The molecule has 2 aromatic heterocycles. The van der Waals surface area contributed by atoms with Gasteiger partial charge >= 0.3 is 11.9 Å². The van der Waals surface area contributed by atoms with Gasteiger partial charge in [-0.05, 0) is 0 Å². The molecule has 0 fully saturated rings. The van der Waals surface area contributed by atoms with E-state index in [0.29, 0.717) is 0 Å². The van der Waals surface area contributed by atoms with Crippen LogP contribution in [0.5, 0.6) is 0 Å².